The maximum Gasteiger partial charge on any atom is 0.267 e. The molecule has 1 aliphatic carbocycles. The number of thiocarbonyl (C=S) groups is 1. The van der Waals surface area contributed by atoms with Gasteiger partial charge in [-0.2, -0.15) is 0 Å². The second-order valence-electron chi connectivity index (χ2n) is 9.21. The highest BCUT2D eigenvalue weighted by molar-refractivity contribution is 8.26. The molecule has 3 heterocycles. The molecule has 0 radical (unpaired) electrons. The van der Waals surface area contributed by atoms with Gasteiger partial charge >= 0.3 is 0 Å². The first-order valence-electron chi connectivity index (χ1n) is 12.2. The van der Waals surface area contributed by atoms with Crippen LogP contribution in [0.25, 0.3) is 11.7 Å². The Balaban J connectivity index is 1.52. The molecule has 1 aliphatic heterocycles. The summed E-state index contributed by atoms with van der Waals surface area (Å²) in [6.45, 7) is 2.04. The minimum absolute atomic E-state index is 0.120. The Morgan fingerprint density at radius 3 is 2.67 bits per heavy atom. The maximum atomic E-state index is 13.6. The number of aliphatic hydroxyl groups excluding tert-OH is 1. The average Bonchev–Trinajstić information content (AvgIpc) is 3.18. The molecule has 36 heavy (non-hydrogen) atoms. The van der Waals surface area contributed by atoms with E-state index in [-0.39, 0.29) is 29.6 Å². The Bertz CT molecular complexity index is 1400. The maximum absolute atomic E-state index is 13.6. The number of fused-ring (bicyclic) bond motifs is 1. The number of carbonyl (C=O) groups is 1. The van der Waals surface area contributed by atoms with Crippen LogP contribution in [0.1, 0.15) is 54.9 Å². The summed E-state index contributed by atoms with van der Waals surface area (Å²) in [6.07, 6.45) is 7.74. The van der Waals surface area contributed by atoms with Gasteiger partial charge in [0.15, 0.2) is 0 Å². The van der Waals surface area contributed by atoms with Crippen LogP contribution in [0.15, 0.2) is 58.4 Å². The lowest BCUT2D eigenvalue weighted by atomic mass is 9.94. The normalized spacial score (nSPS) is 18.8. The van der Waals surface area contributed by atoms with Gasteiger partial charge in [0.25, 0.3) is 11.5 Å². The predicted molar refractivity (Wildman–Crippen MR) is 148 cm³/mol. The van der Waals surface area contributed by atoms with Crippen molar-refractivity contribution in [3.05, 3.63) is 80.6 Å². The third-order valence-electron chi connectivity index (χ3n) is 6.77. The number of rotatable bonds is 6. The number of thioether (sulfide) groups is 1. The van der Waals surface area contributed by atoms with Gasteiger partial charge in [-0.05, 0) is 43.0 Å². The molecule has 3 aromatic rings. The van der Waals surface area contributed by atoms with Crippen LogP contribution in [0, 0.1) is 6.92 Å². The third-order valence-corrected chi connectivity index (χ3v) is 8.10. The topological polar surface area (TPSA) is 86.9 Å². The first-order valence-corrected chi connectivity index (χ1v) is 13.4. The summed E-state index contributed by atoms with van der Waals surface area (Å²) in [5, 5.41) is 13.8. The van der Waals surface area contributed by atoms with Crippen molar-refractivity contribution in [2.45, 2.75) is 51.2 Å². The van der Waals surface area contributed by atoms with Crippen molar-refractivity contribution in [2.75, 3.05) is 11.9 Å². The smallest absolute Gasteiger partial charge is 0.267 e. The van der Waals surface area contributed by atoms with Crippen molar-refractivity contribution in [3.8, 4) is 0 Å². The van der Waals surface area contributed by atoms with Crippen LogP contribution in [0.4, 0.5) is 5.82 Å². The minimum Gasteiger partial charge on any atom is -0.387 e. The van der Waals surface area contributed by atoms with E-state index in [1.807, 2.05) is 43.3 Å². The van der Waals surface area contributed by atoms with E-state index in [1.165, 1.54) is 22.6 Å². The summed E-state index contributed by atoms with van der Waals surface area (Å²) >= 11 is 6.80. The molecule has 2 N–H and O–H groups in total. The second kappa shape index (κ2) is 10.5. The van der Waals surface area contributed by atoms with Gasteiger partial charge in [0, 0.05) is 18.8 Å². The van der Waals surface area contributed by atoms with Crippen LogP contribution in [0.5, 0.6) is 0 Å². The molecule has 1 amide bonds. The molecule has 0 bridgehead atoms. The molecule has 1 atom stereocenters. The van der Waals surface area contributed by atoms with Crippen molar-refractivity contribution >= 4 is 51.7 Å². The molecule has 2 fully saturated rings. The third kappa shape index (κ3) is 4.83. The van der Waals surface area contributed by atoms with E-state index in [2.05, 4.69) is 5.32 Å². The largest absolute Gasteiger partial charge is 0.387 e. The van der Waals surface area contributed by atoms with Crippen molar-refractivity contribution in [1.82, 2.24) is 14.3 Å². The number of aromatic nitrogens is 2. The number of aliphatic hydroxyl groups is 1. The van der Waals surface area contributed by atoms with Crippen LogP contribution in [-0.4, -0.2) is 42.2 Å². The molecular weight excluding hydrogens is 492 g/mol. The highest BCUT2D eigenvalue weighted by atomic mass is 32.2. The second-order valence-corrected chi connectivity index (χ2v) is 10.9. The van der Waals surface area contributed by atoms with E-state index in [4.69, 9.17) is 17.2 Å². The standard InChI is InChI=1S/C27H28N4O3S2/c1-17-9-8-14-30-24(17)29-23(28-16-21(32)18-10-4-2-5-11-18)20(25(30)33)15-22-26(34)31(27(35)36-22)19-12-6-3-7-13-19/h2,4-5,8-11,14-15,19,21,28,32H,3,6-7,12-13,16H2,1H3/b22-15-/t21-/m0/s1. The number of nitrogens with zero attached hydrogens (tertiary/aromatic N) is 3. The molecule has 2 aliphatic rings. The number of hydrogen-bond donors (Lipinski definition) is 2. The summed E-state index contributed by atoms with van der Waals surface area (Å²) in [5.41, 5.74) is 2.10. The first kappa shape index (κ1) is 24.7. The number of pyridine rings is 1. The highest BCUT2D eigenvalue weighted by Crippen LogP contribution is 2.37. The average molecular weight is 521 g/mol. The lowest BCUT2D eigenvalue weighted by molar-refractivity contribution is -0.124. The van der Waals surface area contributed by atoms with E-state index in [1.54, 1.807) is 23.2 Å². The molecule has 0 spiro atoms. The summed E-state index contributed by atoms with van der Waals surface area (Å²) < 4.78 is 2.03. The Morgan fingerprint density at radius 2 is 1.92 bits per heavy atom. The van der Waals surface area contributed by atoms with Crippen LogP contribution in [0.2, 0.25) is 0 Å². The monoisotopic (exact) mass is 520 g/mol. The lowest BCUT2D eigenvalue weighted by Gasteiger charge is -2.29. The van der Waals surface area contributed by atoms with E-state index < -0.39 is 6.10 Å². The fraction of sp³-hybridized carbons (Fsp3) is 0.333. The summed E-state index contributed by atoms with van der Waals surface area (Å²) in [4.78, 5) is 33.8. The molecule has 7 nitrogen and oxygen atoms in total. The predicted octanol–water partition coefficient (Wildman–Crippen LogP) is 4.68. The SMILES string of the molecule is Cc1cccn2c(=O)c(/C=C3\SC(=S)N(C4CCCCC4)C3=O)c(NC[C@H](O)c3ccccc3)nc12. The zero-order chi connectivity index (χ0) is 25.2. The quantitative estimate of drug-likeness (QED) is 0.360. The number of nitrogens with one attached hydrogen (secondary N) is 1. The highest BCUT2D eigenvalue weighted by Gasteiger charge is 2.37. The van der Waals surface area contributed by atoms with Crippen LogP contribution in [-0.2, 0) is 4.79 Å². The Kier molecular flexibility index (Phi) is 7.22. The lowest BCUT2D eigenvalue weighted by Crippen LogP contribution is -2.39. The Labute approximate surface area is 219 Å². The van der Waals surface area contributed by atoms with Gasteiger partial charge in [0.2, 0.25) is 0 Å². The first-order chi connectivity index (χ1) is 17.4. The van der Waals surface area contributed by atoms with Crippen LogP contribution < -0.4 is 10.9 Å². The van der Waals surface area contributed by atoms with Gasteiger partial charge in [-0.15, -0.1) is 0 Å². The van der Waals surface area contributed by atoms with E-state index in [9.17, 15) is 14.7 Å². The fourth-order valence-electron chi connectivity index (χ4n) is 4.83. The Hall–Kier alpha value is -3.01. The van der Waals surface area contributed by atoms with Gasteiger partial charge in [-0.25, -0.2) is 4.98 Å². The zero-order valence-electron chi connectivity index (χ0n) is 20.0. The minimum atomic E-state index is -0.791. The van der Waals surface area contributed by atoms with Gasteiger partial charge in [0.1, 0.15) is 15.8 Å². The van der Waals surface area contributed by atoms with Gasteiger partial charge < -0.3 is 10.4 Å². The molecule has 2 aromatic heterocycles. The molecule has 1 saturated heterocycles. The fourth-order valence-corrected chi connectivity index (χ4v) is 6.21. The molecule has 1 saturated carbocycles. The summed E-state index contributed by atoms with van der Waals surface area (Å²) in [6, 6.07) is 13.1. The molecule has 186 valence electrons. The Morgan fingerprint density at radius 1 is 1.17 bits per heavy atom. The van der Waals surface area contributed by atoms with Crippen molar-refractivity contribution in [3.63, 3.8) is 0 Å². The molecule has 1 aromatic carbocycles. The number of amides is 1. The van der Waals surface area contributed by atoms with E-state index >= 15 is 0 Å². The van der Waals surface area contributed by atoms with Gasteiger partial charge in [0.05, 0.1) is 16.6 Å². The van der Waals surface area contributed by atoms with Crippen LogP contribution >= 0.6 is 24.0 Å². The van der Waals surface area contributed by atoms with Crippen molar-refractivity contribution in [2.24, 2.45) is 0 Å². The number of benzene rings is 1. The summed E-state index contributed by atoms with van der Waals surface area (Å²) in [7, 11) is 0. The van der Waals surface area contributed by atoms with Gasteiger partial charge in [-0.3, -0.25) is 18.9 Å². The molecule has 9 heteroatoms. The molecule has 0 unspecified atom stereocenters. The van der Waals surface area contributed by atoms with E-state index in [0.29, 0.717) is 20.7 Å². The van der Waals surface area contributed by atoms with Crippen molar-refractivity contribution < 1.29 is 9.90 Å². The number of anilines is 1. The summed E-state index contributed by atoms with van der Waals surface area (Å²) in [5.74, 6) is 0.174. The molecular formula is C27H28N4O3S2. The van der Waals surface area contributed by atoms with Crippen LogP contribution in [0.3, 0.4) is 0 Å². The zero-order valence-corrected chi connectivity index (χ0v) is 21.6. The number of carbonyl (C=O) groups excluding carboxylic acids is 1. The van der Waals surface area contributed by atoms with Gasteiger partial charge in [-0.1, -0.05) is 79.6 Å². The van der Waals surface area contributed by atoms with E-state index in [0.717, 1.165) is 36.8 Å². The molecule has 5 rings (SSSR count). The number of aryl methyl sites for hydroxylation is 1. The van der Waals surface area contributed by atoms with Crippen molar-refractivity contribution in [1.29, 1.82) is 0 Å². The number of hydrogen-bond acceptors (Lipinski definition) is 7.